The highest BCUT2D eigenvalue weighted by Crippen LogP contribution is 2.54. The Balaban J connectivity index is 1.42. The van der Waals surface area contributed by atoms with E-state index in [0.29, 0.717) is 28.5 Å². The Hall–Kier alpha value is -4.78. The number of hydrogen-bond acceptors (Lipinski definition) is 10. The molecule has 1 saturated heterocycles. The van der Waals surface area contributed by atoms with Gasteiger partial charge in [0.15, 0.2) is 23.0 Å². The van der Waals surface area contributed by atoms with Crippen LogP contribution < -0.4 is 28.0 Å². The van der Waals surface area contributed by atoms with Gasteiger partial charge in [-0.25, -0.2) is 0 Å². The molecular formula is C31H32N2O10S. The monoisotopic (exact) mass is 624 g/mol. The average molecular weight is 625 g/mol. The summed E-state index contributed by atoms with van der Waals surface area (Å²) in [4.78, 5) is 41.2. The minimum atomic E-state index is -4.30. The molecule has 0 spiro atoms. The van der Waals surface area contributed by atoms with Crippen LogP contribution in [0.3, 0.4) is 0 Å². The van der Waals surface area contributed by atoms with Crippen LogP contribution in [0.5, 0.6) is 28.7 Å². The zero-order chi connectivity index (χ0) is 32.0. The van der Waals surface area contributed by atoms with E-state index < -0.39 is 45.7 Å². The first-order chi connectivity index (χ1) is 20.9. The minimum absolute atomic E-state index is 0.104. The lowest BCUT2D eigenvalue weighted by Crippen LogP contribution is -2.61. The van der Waals surface area contributed by atoms with Crippen LogP contribution in [0, 0.1) is 5.41 Å². The normalized spacial score (nSPS) is 17.2. The number of anilines is 1. The maximum absolute atomic E-state index is 13.4. The van der Waals surface area contributed by atoms with Crippen LogP contribution in [0.2, 0.25) is 0 Å². The number of β-lactam (4-membered cyclic amide) rings is 1. The molecule has 2 heterocycles. The van der Waals surface area contributed by atoms with Gasteiger partial charge in [-0.1, -0.05) is 18.2 Å². The van der Waals surface area contributed by atoms with Crippen molar-refractivity contribution in [3.05, 3.63) is 71.3 Å². The van der Waals surface area contributed by atoms with Crippen LogP contribution in [-0.4, -0.2) is 71.8 Å². The topological polar surface area (TPSA) is 138 Å². The summed E-state index contributed by atoms with van der Waals surface area (Å²) in [6.45, 7) is 3.19. The third-order valence-electron chi connectivity index (χ3n) is 7.80. The van der Waals surface area contributed by atoms with Gasteiger partial charge >= 0.3 is 10.1 Å². The standard InChI is InChI=1S/C31H32N2O10S/c1-31(2)27(33(30(31)36)19-16-24(40-4)26(42-6)25(17-19)41-5)18-11-12-22(39-3)23(15-18)43-44(37,38)14-13-32-28(34)20-9-7-8-10-21(20)29(32)35/h7-12,15-17,27H,13-14H2,1-6H3/t27-/m0/s1. The molecule has 0 radical (unpaired) electrons. The second kappa shape index (κ2) is 11.4. The van der Waals surface area contributed by atoms with Gasteiger partial charge < -0.3 is 28.0 Å². The van der Waals surface area contributed by atoms with Gasteiger partial charge in [-0.15, -0.1) is 0 Å². The third kappa shape index (κ3) is 5.06. The van der Waals surface area contributed by atoms with Crippen LogP contribution >= 0.6 is 0 Å². The Bertz CT molecular complexity index is 1710. The van der Waals surface area contributed by atoms with E-state index in [9.17, 15) is 22.8 Å². The predicted octanol–water partition coefficient (Wildman–Crippen LogP) is 3.84. The highest BCUT2D eigenvalue weighted by molar-refractivity contribution is 7.87. The van der Waals surface area contributed by atoms with Crippen molar-refractivity contribution in [2.75, 3.05) is 45.6 Å². The van der Waals surface area contributed by atoms with Gasteiger partial charge in [-0.2, -0.15) is 8.42 Å². The van der Waals surface area contributed by atoms with Gasteiger partial charge in [0.2, 0.25) is 11.7 Å². The largest absolute Gasteiger partial charge is 0.493 e. The van der Waals surface area contributed by atoms with Gasteiger partial charge in [0, 0.05) is 18.7 Å². The molecule has 0 unspecified atom stereocenters. The maximum Gasteiger partial charge on any atom is 0.311 e. The number of imide groups is 1. The summed E-state index contributed by atoms with van der Waals surface area (Å²) in [5.41, 5.74) is 0.644. The van der Waals surface area contributed by atoms with Crippen molar-refractivity contribution in [1.29, 1.82) is 0 Å². The van der Waals surface area contributed by atoms with Crippen LogP contribution in [-0.2, 0) is 14.9 Å². The van der Waals surface area contributed by atoms with Gasteiger partial charge in [0.1, 0.15) is 5.75 Å². The Morgan fingerprint density at radius 2 is 1.32 bits per heavy atom. The lowest BCUT2D eigenvalue weighted by atomic mass is 9.70. The van der Waals surface area contributed by atoms with E-state index in [1.165, 1.54) is 46.6 Å². The van der Waals surface area contributed by atoms with E-state index in [0.717, 1.165) is 4.90 Å². The number of nitrogens with zero attached hydrogens (tertiary/aromatic N) is 2. The van der Waals surface area contributed by atoms with Gasteiger partial charge in [0.25, 0.3) is 11.8 Å². The van der Waals surface area contributed by atoms with E-state index in [-0.39, 0.29) is 28.5 Å². The Morgan fingerprint density at radius 1 is 0.750 bits per heavy atom. The molecule has 5 rings (SSSR count). The Kier molecular flexibility index (Phi) is 7.93. The van der Waals surface area contributed by atoms with E-state index >= 15 is 0 Å². The number of ether oxygens (including phenoxy) is 4. The van der Waals surface area contributed by atoms with Crippen LogP contribution in [0.15, 0.2) is 54.6 Å². The summed E-state index contributed by atoms with van der Waals surface area (Å²) < 4.78 is 53.4. The average Bonchev–Trinajstić information content (AvgIpc) is 3.26. The molecule has 44 heavy (non-hydrogen) atoms. The molecular weight excluding hydrogens is 592 g/mol. The van der Waals surface area contributed by atoms with Crippen molar-refractivity contribution >= 4 is 33.5 Å². The second-order valence-electron chi connectivity index (χ2n) is 10.7. The second-order valence-corrected chi connectivity index (χ2v) is 12.4. The lowest BCUT2D eigenvalue weighted by Gasteiger charge is -2.53. The molecule has 3 amide bonds. The number of methoxy groups -OCH3 is 4. The maximum atomic E-state index is 13.4. The molecule has 0 bridgehead atoms. The molecule has 0 aliphatic carbocycles. The van der Waals surface area contributed by atoms with Gasteiger partial charge in [-0.05, 0) is 43.7 Å². The molecule has 2 aliphatic heterocycles. The molecule has 1 fully saturated rings. The smallest absolute Gasteiger partial charge is 0.311 e. The fraction of sp³-hybridized carbons (Fsp3) is 0.323. The first kappa shape index (κ1) is 30.7. The molecule has 12 nitrogen and oxygen atoms in total. The van der Waals surface area contributed by atoms with Crippen LogP contribution in [0.4, 0.5) is 5.69 Å². The van der Waals surface area contributed by atoms with Crippen molar-refractivity contribution in [3.63, 3.8) is 0 Å². The quantitative estimate of drug-likeness (QED) is 0.176. The van der Waals surface area contributed by atoms with Gasteiger partial charge in [0.05, 0.1) is 56.7 Å². The number of benzene rings is 3. The van der Waals surface area contributed by atoms with E-state index in [1.54, 1.807) is 55.1 Å². The fourth-order valence-electron chi connectivity index (χ4n) is 5.59. The molecule has 3 aromatic carbocycles. The molecule has 13 heteroatoms. The van der Waals surface area contributed by atoms with E-state index in [1.807, 2.05) is 0 Å². The van der Waals surface area contributed by atoms with E-state index in [4.69, 9.17) is 23.1 Å². The predicted molar refractivity (Wildman–Crippen MR) is 159 cm³/mol. The highest BCUT2D eigenvalue weighted by atomic mass is 32.2. The van der Waals surface area contributed by atoms with Crippen LogP contribution in [0.1, 0.15) is 46.2 Å². The summed E-state index contributed by atoms with van der Waals surface area (Å²) in [5, 5.41) is 0. The summed E-state index contributed by atoms with van der Waals surface area (Å²) in [6, 6.07) is 13.9. The number of amides is 3. The number of rotatable bonds is 11. The minimum Gasteiger partial charge on any atom is -0.493 e. The van der Waals surface area contributed by atoms with Crippen molar-refractivity contribution < 1.29 is 45.9 Å². The van der Waals surface area contributed by atoms with E-state index in [2.05, 4.69) is 0 Å². The number of hydrogen-bond donors (Lipinski definition) is 0. The Morgan fingerprint density at radius 3 is 1.84 bits per heavy atom. The van der Waals surface area contributed by atoms with Crippen molar-refractivity contribution in [3.8, 4) is 28.7 Å². The molecule has 2 aliphatic rings. The zero-order valence-corrected chi connectivity index (χ0v) is 25.9. The number of fused-ring (bicyclic) bond motifs is 1. The third-order valence-corrected chi connectivity index (χ3v) is 8.92. The van der Waals surface area contributed by atoms with Crippen molar-refractivity contribution in [1.82, 2.24) is 4.90 Å². The van der Waals surface area contributed by atoms with Crippen molar-refractivity contribution in [2.24, 2.45) is 5.41 Å². The fourth-order valence-corrected chi connectivity index (χ4v) is 6.49. The number of carbonyl (C=O) groups excluding carboxylic acids is 3. The van der Waals surface area contributed by atoms with Gasteiger partial charge in [-0.3, -0.25) is 19.3 Å². The molecule has 0 N–H and O–H groups in total. The molecule has 1 atom stereocenters. The number of carbonyl (C=O) groups is 3. The summed E-state index contributed by atoms with van der Waals surface area (Å²) >= 11 is 0. The summed E-state index contributed by atoms with van der Waals surface area (Å²) in [7, 11) is 1.49. The Labute approximate surface area is 255 Å². The first-order valence-electron chi connectivity index (χ1n) is 13.6. The lowest BCUT2D eigenvalue weighted by molar-refractivity contribution is -0.137. The molecule has 3 aromatic rings. The molecule has 0 saturated carbocycles. The highest BCUT2D eigenvalue weighted by Gasteiger charge is 2.56. The SMILES string of the molecule is COc1ccc([C@@H]2N(c3cc(OC)c(OC)c(OC)c3)C(=O)C2(C)C)cc1OS(=O)(=O)CCN1C(=O)c2ccccc2C1=O. The molecule has 0 aromatic heterocycles. The molecule has 232 valence electrons. The first-order valence-corrected chi connectivity index (χ1v) is 15.1. The summed E-state index contributed by atoms with van der Waals surface area (Å²) in [6.07, 6.45) is 0. The van der Waals surface area contributed by atoms with Crippen molar-refractivity contribution in [2.45, 2.75) is 19.9 Å². The van der Waals surface area contributed by atoms with Crippen LogP contribution in [0.25, 0.3) is 0 Å². The summed E-state index contributed by atoms with van der Waals surface area (Å²) in [5.74, 6) is -0.821. The zero-order valence-electron chi connectivity index (χ0n) is 25.1.